The lowest BCUT2D eigenvalue weighted by Crippen LogP contribution is -2.36. The van der Waals surface area contributed by atoms with Gasteiger partial charge in [0, 0.05) is 18.0 Å². The number of esters is 1. The first kappa shape index (κ1) is 12.4. The largest absolute Gasteiger partial charge is 0.460 e. The van der Waals surface area contributed by atoms with E-state index in [0.29, 0.717) is 5.56 Å². The normalized spacial score (nSPS) is 12.5. The number of anilines is 1. The lowest BCUT2D eigenvalue weighted by molar-refractivity contribution is -0.147. The predicted molar refractivity (Wildman–Crippen MR) is 59.1 cm³/mol. The average Bonchev–Trinajstić information content (AvgIpc) is 2.26. The Balaban J connectivity index is 2.46. The number of aromatic nitrogens is 2. The highest BCUT2D eigenvalue weighted by Crippen LogP contribution is 2.04. The van der Waals surface area contributed by atoms with Crippen molar-refractivity contribution in [1.82, 2.24) is 9.97 Å². The van der Waals surface area contributed by atoms with Crippen molar-refractivity contribution in [2.75, 3.05) is 5.73 Å². The molecule has 0 saturated carbocycles. The molecule has 1 aromatic heterocycles. The van der Waals surface area contributed by atoms with Crippen LogP contribution in [-0.4, -0.2) is 22.0 Å². The SMILES string of the molecule is CC(C)[C@H](N)C(=O)OCc1cnc(N)nc1. The number of nitrogens with zero attached hydrogens (tertiary/aromatic N) is 2. The summed E-state index contributed by atoms with van der Waals surface area (Å²) in [7, 11) is 0. The van der Waals surface area contributed by atoms with Crippen LogP contribution in [0.1, 0.15) is 19.4 Å². The lowest BCUT2D eigenvalue weighted by atomic mass is 10.1. The maximum absolute atomic E-state index is 11.4. The third-order valence-corrected chi connectivity index (χ3v) is 2.10. The molecule has 88 valence electrons. The first-order valence-electron chi connectivity index (χ1n) is 4.99. The second-order valence-electron chi connectivity index (χ2n) is 3.83. The van der Waals surface area contributed by atoms with Gasteiger partial charge in [0.15, 0.2) is 0 Å². The van der Waals surface area contributed by atoms with E-state index in [1.165, 1.54) is 12.4 Å². The van der Waals surface area contributed by atoms with Gasteiger partial charge < -0.3 is 16.2 Å². The molecule has 4 N–H and O–H groups in total. The maximum Gasteiger partial charge on any atom is 0.323 e. The molecule has 0 bridgehead atoms. The summed E-state index contributed by atoms with van der Waals surface area (Å²) in [6, 6.07) is -0.602. The van der Waals surface area contributed by atoms with E-state index >= 15 is 0 Å². The molecule has 0 aromatic carbocycles. The number of hydrogen-bond donors (Lipinski definition) is 2. The van der Waals surface area contributed by atoms with Gasteiger partial charge in [0.05, 0.1) is 0 Å². The van der Waals surface area contributed by atoms with Crippen molar-refractivity contribution in [2.45, 2.75) is 26.5 Å². The van der Waals surface area contributed by atoms with Gasteiger partial charge in [-0.05, 0) is 5.92 Å². The van der Waals surface area contributed by atoms with E-state index in [1.807, 2.05) is 13.8 Å². The first-order chi connectivity index (χ1) is 7.50. The molecule has 16 heavy (non-hydrogen) atoms. The van der Waals surface area contributed by atoms with Gasteiger partial charge in [-0.1, -0.05) is 13.8 Å². The molecule has 0 amide bonds. The molecule has 1 rings (SSSR count). The number of carbonyl (C=O) groups excluding carboxylic acids is 1. The number of nitrogens with two attached hydrogens (primary N) is 2. The van der Waals surface area contributed by atoms with Crippen molar-refractivity contribution in [2.24, 2.45) is 11.7 Å². The fraction of sp³-hybridized carbons (Fsp3) is 0.500. The summed E-state index contributed by atoms with van der Waals surface area (Å²) in [6.07, 6.45) is 3.02. The van der Waals surface area contributed by atoms with Crippen molar-refractivity contribution in [3.8, 4) is 0 Å². The summed E-state index contributed by atoms with van der Waals surface area (Å²) in [5, 5.41) is 0. The molecule has 0 spiro atoms. The van der Waals surface area contributed by atoms with E-state index < -0.39 is 12.0 Å². The molecule has 1 heterocycles. The molecule has 0 aliphatic heterocycles. The van der Waals surface area contributed by atoms with Gasteiger partial charge in [-0.3, -0.25) is 4.79 Å². The zero-order valence-electron chi connectivity index (χ0n) is 9.38. The topological polar surface area (TPSA) is 104 Å². The minimum atomic E-state index is -0.602. The highest BCUT2D eigenvalue weighted by molar-refractivity contribution is 5.75. The Labute approximate surface area is 94.0 Å². The number of ether oxygens (including phenoxy) is 1. The van der Waals surface area contributed by atoms with Crippen molar-refractivity contribution >= 4 is 11.9 Å². The van der Waals surface area contributed by atoms with Crippen LogP contribution < -0.4 is 11.5 Å². The number of nitrogen functional groups attached to an aromatic ring is 1. The Kier molecular flexibility index (Phi) is 4.19. The van der Waals surface area contributed by atoms with E-state index in [2.05, 4.69) is 9.97 Å². The monoisotopic (exact) mass is 224 g/mol. The molecule has 0 aliphatic rings. The van der Waals surface area contributed by atoms with E-state index in [0.717, 1.165) is 0 Å². The molecule has 6 heteroatoms. The molecular weight excluding hydrogens is 208 g/mol. The van der Waals surface area contributed by atoms with Crippen LogP contribution in [0.4, 0.5) is 5.95 Å². The standard InChI is InChI=1S/C10H16N4O2/c1-6(2)8(11)9(15)16-5-7-3-13-10(12)14-4-7/h3-4,6,8H,5,11H2,1-2H3,(H2,12,13,14)/t8-/m0/s1. The summed E-state index contributed by atoms with van der Waals surface area (Å²) in [5.41, 5.74) is 11.6. The summed E-state index contributed by atoms with van der Waals surface area (Å²) in [6.45, 7) is 3.83. The fourth-order valence-electron chi connectivity index (χ4n) is 0.962. The van der Waals surface area contributed by atoms with Gasteiger partial charge in [-0.2, -0.15) is 0 Å². The molecule has 0 saturated heterocycles. The van der Waals surface area contributed by atoms with E-state index in [4.69, 9.17) is 16.2 Å². The van der Waals surface area contributed by atoms with Crippen LogP contribution in [0, 0.1) is 5.92 Å². The summed E-state index contributed by atoms with van der Waals surface area (Å²) in [5.74, 6) is -0.184. The van der Waals surface area contributed by atoms with Crippen LogP contribution in [0.15, 0.2) is 12.4 Å². The molecule has 1 aromatic rings. The molecule has 0 fully saturated rings. The minimum Gasteiger partial charge on any atom is -0.460 e. The van der Waals surface area contributed by atoms with Crippen LogP contribution in [0.3, 0.4) is 0 Å². The summed E-state index contributed by atoms with van der Waals surface area (Å²) >= 11 is 0. The fourth-order valence-corrected chi connectivity index (χ4v) is 0.962. The highest BCUT2D eigenvalue weighted by Gasteiger charge is 2.18. The van der Waals surface area contributed by atoms with Gasteiger partial charge in [-0.15, -0.1) is 0 Å². The van der Waals surface area contributed by atoms with Crippen LogP contribution >= 0.6 is 0 Å². The van der Waals surface area contributed by atoms with E-state index in [-0.39, 0.29) is 18.5 Å². The van der Waals surface area contributed by atoms with Gasteiger partial charge in [0.2, 0.25) is 5.95 Å². The molecule has 0 aliphatic carbocycles. The Bertz CT molecular complexity index is 350. The summed E-state index contributed by atoms with van der Waals surface area (Å²) in [4.78, 5) is 19.0. The Morgan fingerprint density at radius 2 is 2.00 bits per heavy atom. The Hall–Kier alpha value is -1.69. The molecule has 0 unspecified atom stereocenters. The second-order valence-corrected chi connectivity index (χ2v) is 3.83. The maximum atomic E-state index is 11.4. The van der Waals surface area contributed by atoms with Gasteiger partial charge in [0.1, 0.15) is 12.6 Å². The van der Waals surface area contributed by atoms with Crippen LogP contribution in [0.2, 0.25) is 0 Å². The van der Waals surface area contributed by atoms with Crippen molar-refractivity contribution in [3.63, 3.8) is 0 Å². The highest BCUT2D eigenvalue weighted by atomic mass is 16.5. The van der Waals surface area contributed by atoms with Crippen molar-refractivity contribution < 1.29 is 9.53 Å². The predicted octanol–water partition coefficient (Wildman–Crippen LogP) is 0.0853. The first-order valence-corrected chi connectivity index (χ1v) is 4.99. The van der Waals surface area contributed by atoms with Gasteiger partial charge >= 0.3 is 5.97 Å². The molecule has 6 nitrogen and oxygen atoms in total. The smallest absolute Gasteiger partial charge is 0.323 e. The number of carbonyl (C=O) groups is 1. The lowest BCUT2D eigenvalue weighted by Gasteiger charge is -2.14. The minimum absolute atomic E-state index is 0.0511. The summed E-state index contributed by atoms with van der Waals surface area (Å²) < 4.78 is 5.01. The second kappa shape index (κ2) is 5.41. The van der Waals surface area contributed by atoms with Crippen molar-refractivity contribution in [3.05, 3.63) is 18.0 Å². The zero-order valence-corrected chi connectivity index (χ0v) is 9.38. The van der Waals surface area contributed by atoms with Crippen LogP contribution in [0.5, 0.6) is 0 Å². The third-order valence-electron chi connectivity index (χ3n) is 2.10. The Morgan fingerprint density at radius 1 is 1.44 bits per heavy atom. The quantitative estimate of drug-likeness (QED) is 0.702. The average molecular weight is 224 g/mol. The van der Waals surface area contributed by atoms with E-state index in [1.54, 1.807) is 0 Å². The van der Waals surface area contributed by atoms with Crippen molar-refractivity contribution in [1.29, 1.82) is 0 Å². The zero-order chi connectivity index (χ0) is 12.1. The molecular formula is C10H16N4O2. The Morgan fingerprint density at radius 3 is 2.50 bits per heavy atom. The van der Waals surface area contributed by atoms with Crippen LogP contribution in [-0.2, 0) is 16.1 Å². The van der Waals surface area contributed by atoms with Gasteiger partial charge in [-0.25, -0.2) is 9.97 Å². The third kappa shape index (κ3) is 3.47. The van der Waals surface area contributed by atoms with Gasteiger partial charge in [0.25, 0.3) is 0 Å². The van der Waals surface area contributed by atoms with Crippen LogP contribution in [0.25, 0.3) is 0 Å². The number of hydrogen-bond acceptors (Lipinski definition) is 6. The molecule has 0 radical (unpaired) electrons. The molecule has 1 atom stereocenters. The number of rotatable bonds is 4. The van der Waals surface area contributed by atoms with E-state index in [9.17, 15) is 4.79 Å².